The summed E-state index contributed by atoms with van der Waals surface area (Å²) in [5.74, 6) is 0. The highest BCUT2D eigenvalue weighted by Crippen LogP contribution is 2.30. The summed E-state index contributed by atoms with van der Waals surface area (Å²) in [6, 6.07) is 10.8. The molecule has 2 aromatic carbocycles. The second kappa shape index (κ2) is 6.83. The molecule has 0 saturated heterocycles. The number of nitrogens with zero attached hydrogens (tertiary/aromatic N) is 1. The van der Waals surface area contributed by atoms with Gasteiger partial charge < -0.3 is 0 Å². The standard InChI is InChI=1S/C14H10Br3NO2/c15-8-10-6-13(16)12(14(17)7-10)5-9-1-3-11(4-2-9)18(19)20/h1-4,6-7H,5,8H2. The van der Waals surface area contributed by atoms with E-state index in [1.54, 1.807) is 12.1 Å². The molecule has 0 saturated carbocycles. The van der Waals surface area contributed by atoms with Crippen molar-refractivity contribution in [2.75, 3.05) is 0 Å². The zero-order chi connectivity index (χ0) is 14.7. The maximum absolute atomic E-state index is 10.6. The van der Waals surface area contributed by atoms with Gasteiger partial charge in [0.2, 0.25) is 0 Å². The molecule has 0 N–H and O–H groups in total. The van der Waals surface area contributed by atoms with E-state index in [2.05, 4.69) is 59.9 Å². The van der Waals surface area contributed by atoms with E-state index in [-0.39, 0.29) is 10.6 Å². The van der Waals surface area contributed by atoms with Crippen LogP contribution in [0.3, 0.4) is 0 Å². The number of benzene rings is 2. The van der Waals surface area contributed by atoms with E-state index in [1.165, 1.54) is 17.7 Å². The van der Waals surface area contributed by atoms with Crippen molar-refractivity contribution in [2.45, 2.75) is 11.8 Å². The van der Waals surface area contributed by atoms with Crippen LogP contribution in [0.4, 0.5) is 5.69 Å². The van der Waals surface area contributed by atoms with Crippen molar-refractivity contribution in [1.82, 2.24) is 0 Å². The zero-order valence-corrected chi connectivity index (χ0v) is 15.0. The zero-order valence-electron chi connectivity index (χ0n) is 10.3. The maximum Gasteiger partial charge on any atom is 0.269 e. The van der Waals surface area contributed by atoms with Gasteiger partial charge in [0.25, 0.3) is 5.69 Å². The molecule has 0 aliphatic carbocycles. The lowest BCUT2D eigenvalue weighted by molar-refractivity contribution is -0.384. The van der Waals surface area contributed by atoms with Crippen LogP contribution in [0, 0.1) is 10.1 Å². The molecule has 0 spiro atoms. The first-order valence-electron chi connectivity index (χ1n) is 5.77. The number of halogens is 3. The summed E-state index contributed by atoms with van der Waals surface area (Å²) < 4.78 is 2.05. The van der Waals surface area contributed by atoms with Gasteiger partial charge in [0.05, 0.1) is 4.92 Å². The van der Waals surface area contributed by atoms with Gasteiger partial charge in [-0.1, -0.05) is 59.9 Å². The van der Waals surface area contributed by atoms with E-state index in [0.29, 0.717) is 6.42 Å². The second-order valence-electron chi connectivity index (χ2n) is 4.27. The molecule has 0 radical (unpaired) electrons. The molecule has 2 aromatic rings. The first kappa shape index (κ1) is 15.7. The third kappa shape index (κ3) is 3.68. The molecule has 0 atom stereocenters. The summed E-state index contributed by atoms with van der Waals surface area (Å²) in [7, 11) is 0. The average molecular weight is 464 g/mol. The molecule has 0 heterocycles. The van der Waals surface area contributed by atoms with Crippen molar-refractivity contribution < 1.29 is 4.92 Å². The van der Waals surface area contributed by atoms with E-state index in [4.69, 9.17) is 0 Å². The lowest BCUT2D eigenvalue weighted by atomic mass is 10.0. The number of rotatable bonds is 4. The first-order chi connectivity index (χ1) is 9.51. The Labute approximate surface area is 141 Å². The van der Waals surface area contributed by atoms with Gasteiger partial charge in [-0.25, -0.2) is 0 Å². The van der Waals surface area contributed by atoms with E-state index < -0.39 is 0 Å². The Morgan fingerprint density at radius 1 is 1.00 bits per heavy atom. The summed E-state index contributed by atoms with van der Waals surface area (Å²) in [4.78, 5) is 10.2. The summed E-state index contributed by atoms with van der Waals surface area (Å²) >= 11 is 10.6. The predicted molar refractivity (Wildman–Crippen MR) is 90.4 cm³/mol. The van der Waals surface area contributed by atoms with E-state index >= 15 is 0 Å². The van der Waals surface area contributed by atoms with Gasteiger partial charge in [-0.05, 0) is 35.2 Å². The Balaban J connectivity index is 2.28. The molecule has 0 fully saturated rings. The molecule has 6 heteroatoms. The number of hydrogen-bond acceptors (Lipinski definition) is 2. The van der Waals surface area contributed by atoms with Gasteiger partial charge in [0, 0.05) is 26.4 Å². The van der Waals surface area contributed by atoms with Crippen molar-refractivity contribution in [3.05, 3.63) is 72.1 Å². The van der Waals surface area contributed by atoms with Crippen LogP contribution in [0.15, 0.2) is 45.3 Å². The Kier molecular flexibility index (Phi) is 5.35. The predicted octanol–water partition coefficient (Wildman–Crippen LogP) is 5.61. The normalized spacial score (nSPS) is 10.6. The van der Waals surface area contributed by atoms with Crippen LogP contribution in [0.2, 0.25) is 0 Å². The minimum atomic E-state index is -0.388. The molecule has 0 amide bonds. The van der Waals surface area contributed by atoms with Crippen molar-refractivity contribution in [1.29, 1.82) is 0 Å². The number of alkyl halides is 1. The summed E-state index contributed by atoms with van der Waals surface area (Å²) in [6.07, 6.45) is 0.710. The third-order valence-corrected chi connectivity index (χ3v) is 4.95. The molecule has 0 bridgehead atoms. The monoisotopic (exact) mass is 461 g/mol. The molecule has 0 unspecified atom stereocenters. The molecule has 0 aromatic heterocycles. The van der Waals surface area contributed by atoms with Crippen molar-refractivity contribution in [2.24, 2.45) is 0 Å². The topological polar surface area (TPSA) is 43.1 Å². The van der Waals surface area contributed by atoms with E-state index in [0.717, 1.165) is 25.4 Å². The SMILES string of the molecule is O=[N+]([O-])c1ccc(Cc2c(Br)cc(CBr)cc2Br)cc1. The van der Waals surface area contributed by atoms with Gasteiger partial charge in [-0.15, -0.1) is 0 Å². The molecular formula is C14H10Br3NO2. The quantitative estimate of drug-likeness (QED) is 0.336. The average Bonchev–Trinajstić information content (AvgIpc) is 2.43. The van der Waals surface area contributed by atoms with Crippen LogP contribution in [0.1, 0.15) is 16.7 Å². The minimum absolute atomic E-state index is 0.113. The van der Waals surface area contributed by atoms with Crippen LogP contribution in [0.5, 0.6) is 0 Å². The number of nitro groups is 1. The Morgan fingerprint density at radius 2 is 1.55 bits per heavy atom. The smallest absolute Gasteiger partial charge is 0.258 e. The summed E-state index contributed by atoms with van der Waals surface area (Å²) in [5, 5.41) is 11.4. The van der Waals surface area contributed by atoms with Crippen LogP contribution < -0.4 is 0 Å². The van der Waals surface area contributed by atoms with Gasteiger partial charge >= 0.3 is 0 Å². The van der Waals surface area contributed by atoms with E-state index in [9.17, 15) is 10.1 Å². The largest absolute Gasteiger partial charge is 0.269 e. The molecule has 2 rings (SSSR count). The second-order valence-corrected chi connectivity index (χ2v) is 6.54. The molecule has 3 nitrogen and oxygen atoms in total. The van der Waals surface area contributed by atoms with Gasteiger partial charge in [0.1, 0.15) is 0 Å². The number of hydrogen-bond donors (Lipinski definition) is 0. The molecule has 20 heavy (non-hydrogen) atoms. The van der Waals surface area contributed by atoms with Crippen LogP contribution >= 0.6 is 47.8 Å². The fourth-order valence-electron chi connectivity index (χ4n) is 1.84. The van der Waals surface area contributed by atoms with Gasteiger partial charge in [-0.2, -0.15) is 0 Å². The lowest BCUT2D eigenvalue weighted by Gasteiger charge is -2.10. The summed E-state index contributed by atoms with van der Waals surface area (Å²) in [5.41, 5.74) is 3.45. The van der Waals surface area contributed by atoms with Crippen LogP contribution in [-0.4, -0.2) is 4.92 Å². The van der Waals surface area contributed by atoms with E-state index in [1.807, 2.05) is 0 Å². The Bertz CT molecular complexity index is 618. The molecule has 104 valence electrons. The van der Waals surface area contributed by atoms with Crippen molar-refractivity contribution in [3.63, 3.8) is 0 Å². The summed E-state index contributed by atoms with van der Waals surface area (Å²) in [6.45, 7) is 0. The molecule has 0 aliphatic rings. The molecular weight excluding hydrogens is 454 g/mol. The minimum Gasteiger partial charge on any atom is -0.258 e. The highest BCUT2D eigenvalue weighted by molar-refractivity contribution is 9.11. The fourth-order valence-corrected chi connectivity index (χ4v) is 3.73. The first-order valence-corrected chi connectivity index (χ1v) is 8.48. The van der Waals surface area contributed by atoms with Crippen molar-refractivity contribution >= 4 is 53.5 Å². The highest BCUT2D eigenvalue weighted by Gasteiger charge is 2.10. The lowest BCUT2D eigenvalue weighted by Crippen LogP contribution is -1.94. The Morgan fingerprint density at radius 3 is 2.00 bits per heavy atom. The number of nitro benzene ring substituents is 1. The third-order valence-electron chi connectivity index (χ3n) is 2.88. The Hall–Kier alpha value is -0.720. The maximum atomic E-state index is 10.6. The van der Waals surface area contributed by atoms with Gasteiger partial charge in [0.15, 0.2) is 0 Å². The van der Waals surface area contributed by atoms with Crippen LogP contribution in [-0.2, 0) is 11.8 Å². The van der Waals surface area contributed by atoms with Gasteiger partial charge in [-0.3, -0.25) is 10.1 Å². The molecule has 0 aliphatic heterocycles. The van der Waals surface area contributed by atoms with Crippen molar-refractivity contribution in [3.8, 4) is 0 Å². The fraction of sp³-hybridized carbons (Fsp3) is 0.143. The van der Waals surface area contributed by atoms with Crippen LogP contribution in [0.25, 0.3) is 0 Å². The highest BCUT2D eigenvalue weighted by atomic mass is 79.9. The number of non-ortho nitro benzene ring substituents is 1.